The Hall–Kier alpha value is 0.194. The maximum atomic E-state index is 4.00. The molecule has 0 aromatic heterocycles. The summed E-state index contributed by atoms with van der Waals surface area (Å²) >= 11 is -0.513. The zero-order chi connectivity index (χ0) is 9.80. The molecule has 0 aliphatic heterocycles. The molecule has 0 aromatic carbocycles. The SMILES string of the molecule is [CH2]C[CH2][Lu]([C]1=CC=CC1)[C]1=CC=CC1. The van der Waals surface area contributed by atoms with Crippen LogP contribution in [0.4, 0.5) is 0 Å². The summed E-state index contributed by atoms with van der Waals surface area (Å²) < 4.78 is 4.67. The van der Waals surface area contributed by atoms with Crippen molar-refractivity contribution in [1.29, 1.82) is 0 Å². The molecule has 0 amide bonds. The topological polar surface area (TPSA) is 0 Å². The van der Waals surface area contributed by atoms with Gasteiger partial charge in [0.2, 0.25) is 0 Å². The predicted molar refractivity (Wildman–Crippen MR) is 58.5 cm³/mol. The van der Waals surface area contributed by atoms with Gasteiger partial charge in [0.25, 0.3) is 0 Å². The van der Waals surface area contributed by atoms with Gasteiger partial charge in [0, 0.05) is 0 Å². The Balaban J connectivity index is 2.07. The average molecular weight is 347 g/mol. The van der Waals surface area contributed by atoms with Gasteiger partial charge in [-0.05, 0) is 0 Å². The fourth-order valence-electron chi connectivity index (χ4n) is 1.39. The molecule has 2 rings (SSSR count). The van der Waals surface area contributed by atoms with Gasteiger partial charge in [-0.2, -0.15) is 0 Å². The number of allylic oxidation sites excluding steroid dienone is 8. The van der Waals surface area contributed by atoms with Crippen molar-refractivity contribution in [1.82, 2.24) is 0 Å². The maximum absolute atomic E-state index is 4.00. The van der Waals surface area contributed by atoms with E-state index in [2.05, 4.69) is 43.4 Å². The van der Waals surface area contributed by atoms with Gasteiger partial charge in [0.15, 0.2) is 0 Å². The van der Waals surface area contributed by atoms with Crippen LogP contribution in [0.3, 0.4) is 0 Å². The Kier molecular flexibility index (Phi) is 4.07. The molecule has 0 nitrogen and oxygen atoms in total. The van der Waals surface area contributed by atoms with E-state index in [1.165, 1.54) is 15.5 Å². The predicted octanol–water partition coefficient (Wildman–Crippen LogP) is 3.94. The second-order valence-corrected chi connectivity index (χ2v) is 7.61. The molecule has 0 saturated heterocycles. The van der Waals surface area contributed by atoms with Crippen LogP contribution in [-0.2, 0) is 0 Å². The molecule has 1 radical (unpaired) electrons. The Morgan fingerprint density at radius 2 is 1.64 bits per heavy atom. The first-order valence-corrected chi connectivity index (χ1v) is 7.70. The van der Waals surface area contributed by atoms with Crippen LogP contribution < -0.4 is 0 Å². The molecule has 1 heteroatoms. The van der Waals surface area contributed by atoms with Crippen molar-refractivity contribution in [2.45, 2.75) is 21.9 Å². The van der Waals surface area contributed by atoms with E-state index in [0.717, 1.165) is 6.42 Å². The average Bonchev–Trinajstić information content (AvgIpc) is 2.87. The van der Waals surface area contributed by atoms with E-state index in [4.69, 9.17) is 0 Å². The first kappa shape index (κ1) is 10.7. The molecule has 0 fully saturated rings. The van der Waals surface area contributed by atoms with Crippen LogP contribution in [0.15, 0.2) is 40.0 Å². The molecule has 0 unspecified atom stereocenters. The van der Waals surface area contributed by atoms with Crippen molar-refractivity contribution >= 4 is 0 Å². The minimum atomic E-state index is -0.513. The van der Waals surface area contributed by atoms with Crippen LogP contribution in [0, 0.1) is 38.0 Å². The van der Waals surface area contributed by atoms with Gasteiger partial charge < -0.3 is 0 Å². The summed E-state index contributed by atoms with van der Waals surface area (Å²) in [4.78, 5) is 0. The van der Waals surface area contributed by atoms with E-state index in [0.29, 0.717) is 0 Å². The molecule has 0 saturated carbocycles. The minimum absolute atomic E-state index is 0.513. The summed E-state index contributed by atoms with van der Waals surface area (Å²) in [6.45, 7) is 4.00. The van der Waals surface area contributed by atoms with Crippen molar-refractivity contribution in [3.63, 3.8) is 0 Å². The summed E-state index contributed by atoms with van der Waals surface area (Å²) in [5.41, 5.74) is 0. The monoisotopic (exact) mass is 347 g/mol. The van der Waals surface area contributed by atoms with Crippen LogP contribution >= 0.6 is 0 Å². The van der Waals surface area contributed by atoms with Gasteiger partial charge in [0.1, 0.15) is 0 Å². The van der Waals surface area contributed by atoms with Crippen molar-refractivity contribution in [2.75, 3.05) is 0 Å². The van der Waals surface area contributed by atoms with E-state index >= 15 is 0 Å². The Morgan fingerprint density at radius 1 is 1.07 bits per heavy atom. The molecule has 0 atom stereocenters. The molecule has 0 heterocycles. The zero-order valence-electron chi connectivity index (χ0n) is 8.26. The van der Waals surface area contributed by atoms with E-state index < -0.39 is 31.1 Å². The van der Waals surface area contributed by atoms with Crippen molar-refractivity contribution in [2.24, 2.45) is 0 Å². The zero-order valence-corrected chi connectivity index (χ0v) is 9.91. The first-order chi connectivity index (χ1) is 6.92. The van der Waals surface area contributed by atoms with Crippen LogP contribution in [-0.4, -0.2) is 0 Å². The fraction of sp³-hybridized carbons (Fsp3) is 0.308. The molecule has 2 aliphatic rings. The van der Waals surface area contributed by atoms with Crippen molar-refractivity contribution < 1.29 is 31.1 Å². The molecule has 2 aliphatic carbocycles. The van der Waals surface area contributed by atoms with Crippen LogP contribution in [0.2, 0.25) is 2.64 Å². The summed E-state index contributed by atoms with van der Waals surface area (Å²) in [7, 11) is 0. The number of hydrogen-bond acceptors (Lipinski definition) is 0. The quantitative estimate of drug-likeness (QED) is 0.723. The second-order valence-electron chi connectivity index (χ2n) is 3.07. The van der Waals surface area contributed by atoms with Gasteiger partial charge in [-0.3, -0.25) is 0 Å². The van der Waals surface area contributed by atoms with Gasteiger partial charge in [0.05, 0.1) is 0 Å². The van der Waals surface area contributed by atoms with Crippen LogP contribution in [0.5, 0.6) is 0 Å². The third kappa shape index (κ3) is 2.41. The normalized spacial score (nSPS) is 19.9. The molecule has 83 valence electrons. The molecule has 0 aromatic rings. The third-order valence-electron chi connectivity index (χ3n) is 1.98. The molecule has 0 N–H and O–H groups in total. The van der Waals surface area contributed by atoms with Gasteiger partial charge >= 0.3 is 100.0 Å². The standard InChI is InChI=1S/2C5H5.C3H6.Lu/c2*1-2-4-5-3-1;1-3-2;/h2*1-3H,4H2;1-3H2;. The Labute approximate surface area is 99.1 Å². The Morgan fingerprint density at radius 3 is 2.00 bits per heavy atom. The Bertz CT molecular complexity index is 288. The third-order valence-corrected chi connectivity index (χ3v) is 7.20. The van der Waals surface area contributed by atoms with Gasteiger partial charge in [-0.1, -0.05) is 0 Å². The second kappa shape index (κ2) is 5.33. The van der Waals surface area contributed by atoms with Gasteiger partial charge in [-0.15, -0.1) is 0 Å². The summed E-state index contributed by atoms with van der Waals surface area (Å²) in [6, 6.07) is 0. The van der Waals surface area contributed by atoms with E-state index in [-0.39, 0.29) is 0 Å². The van der Waals surface area contributed by atoms with E-state index in [1.807, 2.05) is 0 Å². The van der Waals surface area contributed by atoms with Crippen LogP contribution in [0.25, 0.3) is 0 Å². The fourth-order valence-corrected chi connectivity index (χ4v) is 5.91. The molecular weight excluding hydrogens is 331 g/mol. The van der Waals surface area contributed by atoms with Crippen molar-refractivity contribution in [3.8, 4) is 0 Å². The summed E-state index contributed by atoms with van der Waals surface area (Å²) in [5, 5.41) is 0. The van der Waals surface area contributed by atoms with Crippen molar-refractivity contribution in [3.05, 3.63) is 47.0 Å². The molecular formula is C13H16Lu. The van der Waals surface area contributed by atoms with E-state index in [9.17, 15) is 0 Å². The molecule has 0 spiro atoms. The van der Waals surface area contributed by atoms with Crippen LogP contribution in [0.1, 0.15) is 19.3 Å². The molecule has 0 bridgehead atoms. The van der Waals surface area contributed by atoms with Gasteiger partial charge in [-0.25, -0.2) is 0 Å². The van der Waals surface area contributed by atoms with E-state index in [1.54, 1.807) is 3.59 Å². The number of hydrogen-bond donors (Lipinski definition) is 0. The first-order valence-electron chi connectivity index (χ1n) is 4.88. The number of rotatable bonds is 4. The molecule has 14 heavy (non-hydrogen) atoms. The summed E-state index contributed by atoms with van der Waals surface area (Å²) in [5.74, 6) is 0. The summed E-state index contributed by atoms with van der Waals surface area (Å²) in [6.07, 6.45) is 17.1.